The molecule has 1 aromatic carbocycles. The van der Waals surface area contributed by atoms with Gasteiger partial charge in [0.25, 0.3) is 5.91 Å². The van der Waals surface area contributed by atoms with Gasteiger partial charge in [0.2, 0.25) is 0 Å². The van der Waals surface area contributed by atoms with Crippen LogP contribution in [0.25, 0.3) is 11.5 Å². The first-order valence-electron chi connectivity index (χ1n) is 7.77. The minimum absolute atomic E-state index is 0.0514. The van der Waals surface area contributed by atoms with E-state index in [0.29, 0.717) is 18.1 Å². The third-order valence-electron chi connectivity index (χ3n) is 3.52. The summed E-state index contributed by atoms with van der Waals surface area (Å²) in [5.74, 6) is 1.86. The van der Waals surface area contributed by atoms with Gasteiger partial charge >= 0.3 is 0 Å². The zero-order chi connectivity index (χ0) is 17.5. The summed E-state index contributed by atoms with van der Waals surface area (Å²) in [5.41, 5.74) is 1.65. The molecule has 0 aliphatic carbocycles. The van der Waals surface area contributed by atoms with E-state index in [0.717, 1.165) is 17.0 Å². The summed E-state index contributed by atoms with van der Waals surface area (Å²) < 4.78 is 15.8. The van der Waals surface area contributed by atoms with E-state index in [4.69, 9.17) is 13.9 Å². The van der Waals surface area contributed by atoms with Crippen LogP contribution in [0.5, 0.6) is 11.5 Å². The van der Waals surface area contributed by atoms with Gasteiger partial charge in [0.05, 0.1) is 13.4 Å². The van der Waals surface area contributed by atoms with E-state index in [9.17, 15) is 4.79 Å². The molecule has 0 atom stereocenters. The molecule has 0 fully saturated rings. The van der Waals surface area contributed by atoms with Gasteiger partial charge in [0.15, 0.2) is 12.4 Å². The number of aromatic nitrogens is 1. The van der Waals surface area contributed by atoms with Crippen LogP contribution < -0.4 is 14.8 Å². The number of methoxy groups -OCH3 is 1. The van der Waals surface area contributed by atoms with Crippen molar-refractivity contribution in [1.82, 2.24) is 10.3 Å². The average molecular weight is 338 g/mol. The van der Waals surface area contributed by atoms with E-state index in [1.165, 1.54) is 0 Å². The van der Waals surface area contributed by atoms with E-state index >= 15 is 0 Å². The van der Waals surface area contributed by atoms with Crippen molar-refractivity contribution in [2.24, 2.45) is 0 Å². The maximum atomic E-state index is 11.9. The van der Waals surface area contributed by atoms with Crippen molar-refractivity contribution in [1.29, 1.82) is 0 Å². The van der Waals surface area contributed by atoms with Crippen LogP contribution in [0.3, 0.4) is 0 Å². The molecule has 0 saturated heterocycles. The van der Waals surface area contributed by atoms with E-state index < -0.39 is 0 Å². The Kier molecular flexibility index (Phi) is 5.31. The average Bonchev–Trinajstić information content (AvgIpc) is 3.20. The monoisotopic (exact) mass is 338 g/mol. The number of hydrogen-bond acceptors (Lipinski definition) is 5. The van der Waals surface area contributed by atoms with Crippen molar-refractivity contribution in [2.75, 3.05) is 13.7 Å². The second-order valence-corrected chi connectivity index (χ2v) is 5.27. The molecule has 6 heteroatoms. The molecule has 1 N–H and O–H groups in total. The molecule has 0 unspecified atom stereocenters. The molecule has 2 heterocycles. The summed E-state index contributed by atoms with van der Waals surface area (Å²) >= 11 is 0. The largest absolute Gasteiger partial charge is 0.497 e. The number of carbonyl (C=O) groups excluding carboxylic acids is 1. The Hall–Kier alpha value is -3.28. The van der Waals surface area contributed by atoms with Crippen molar-refractivity contribution < 1.29 is 18.7 Å². The fourth-order valence-electron chi connectivity index (χ4n) is 2.17. The SMILES string of the molecule is COc1ccc(OCC(=O)NCc2ccc(-c3ccco3)nc2)cc1. The molecular formula is C19H18N2O4. The molecule has 2 aromatic heterocycles. The van der Waals surface area contributed by atoms with E-state index in [2.05, 4.69) is 10.3 Å². The van der Waals surface area contributed by atoms with Gasteiger partial charge in [-0.25, -0.2) is 0 Å². The maximum Gasteiger partial charge on any atom is 0.258 e. The molecular weight excluding hydrogens is 320 g/mol. The van der Waals surface area contributed by atoms with Gasteiger partial charge in [-0.1, -0.05) is 6.07 Å². The standard InChI is InChI=1S/C19H18N2O4/c1-23-15-5-7-16(8-6-15)25-13-19(22)21-12-14-4-9-17(20-11-14)18-3-2-10-24-18/h2-11H,12-13H2,1H3,(H,21,22). The summed E-state index contributed by atoms with van der Waals surface area (Å²) in [6.07, 6.45) is 3.32. The number of carbonyl (C=O) groups is 1. The molecule has 0 aliphatic heterocycles. The lowest BCUT2D eigenvalue weighted by atomic mass is 10.2. The van der Waals surface area contributed by atoms with Crippen LogP contribution in [0.4, 0.5) is 0 Å². The molecule has 3 aromatic rings. The Labute approximate surface area is 145 Å². The summed E-state index contributed by atoms with van der Waals surface area (Å²) in [4.78, 5) is 16.2. The molecule has 0 radical (unpaired) electrons. The van der Waals surface area contributed by atoms with Crippen molar-refractivity contribution in [3.05, 3.63) is 66.6 Å². The Balaban J connectivity index is 1.45. The molecule has 6 nitrogen and oxygen atoms in total. The highest BCUT2D eigenvalue weighted by Gasteiger charge is 2.05. The topological polar surface area (TPSA) is 73.6 Å². The normalized spacial score (nSPS) is 10.3. The van der Waals surface area contributed by atoms with Crippen molar-refractivity contribution in [2.45, 2.75) is 6.54 Å². The van der Waals surface area contributed by atoms with Crippen LogP contribution in [0.1, 0.15) is 5.56 Å². The molecule has 128 valence electrons. The van der Waals surface area contributed by atoms with Crippen LogP contribution in [0.15, 0.2) is 65.4 Å². The molecule has 0 bridgehead atoms. The van der Waals surface area contributed by atoms with Gasteiger partial charge in [0.1, 0.15) is 17.2 Å². The van der Waals surface area contributed by atoms with E-state index in [-0.39, 0.29) is 12.5 Å². The highest BCUT2D eigenvalue weighted by Crippen LogP contribution is 2.18. The number of amides is 1. The lowest BCUT2D eigenvalue weighted by molar-refractivity contribution is -0.123. The number of furan rings is 1. The number of rotatable bonds is 7. The third kappa shape index (κ3) is 4.60. The van der Waals surface area contributed by atoms with Gasteiger partial charge in [-0.2, -0.15) is 0 Å². The minimum Gasteiger partial charge on any atom is -0.497 e. The number of nitrogens with zero attached hydrogens (tertiary/aromatic N) is 1. The second kappa shape index (κ2) is 8.01. The molecule has 0 saturated carbocycles. The van der Waals surface area contributed by atoms with Crippen LogP contribution in [0, 0.1) is 0 Å². The van der Waals surface area contributed by atoms with Crippen molar-refractivity contribution in [3.8, 4) is 23.0 Å². The van der Waals surface area contributed by atoms with Crippen LogP contribution in [0.2, 0.25) is 0 Å². The first-order valence-corrected chi connectivity index (χ1v) is 7.77. The van der Waals surface area contributed by atoms with Gasteiger partial charge in [0, 0.05) is 12.7 Å². The first kappa shape index (κ1) is 16.6. The zero-order valence-corrected chi connectivity index (χ0v) is 13.8. The molecule has 3 rings (SSSR count). The fraction of sp³-hybridized carbons (Fsp3) is 0.158. The number of hydrogen-bond donors (Lipinski definition) is 1. The lowest BCUT2D eigenvalue weighted by Crippen LogP contribution is -2.28. The zero-order valence-electron chi connectivity index (χ0n) is 13.8. The van der Waals surface area contributed by atoms with Gasteiger partial charge in [-0.15, -0.1) is 0 Å². The first-order chi connectivity index (χ1) is 12.2. The van der Waals surface area contributed by atoms with E-state index in [1.807, 2.05) is 24.3 Å². The van der Waals surface area contributed by atoms with Gasteiger partial charge in [-0.05, 0) is 48.0 Å². The highest BCUT2D eigenvalue weighted by atomic mass is 16.5. The molecule has 1 amide bonds. The number of benzene rings is 1. The summed E-state index contributed by atoms with van der Waals surface area (Å²) in [6, 6.07) is 14.5. The molecule has 0 spiro atoms. The minimum atomic E-state index is -0.203. The summed E-state index contributed by atoms with van der Waals surface area (Å²) in [7, 11) is 1.60. The summed E-state index contributed by atoms with van der Waals surface area (Å²) in [5, 5.41) is 2.79. The number of nitrogens with one attached hydrogen (secondary N) is 1. The second-order valence-electron chi connectivity index (χ2n) is 5.27. The van der Waals surface area contributed by atoms with Gasteiger partial charge in [-0.3, -0.25) is 9.78 Å². The Bertz CT molecular complexity index is 796. The van der Waals surface area contributed by atoms with Gasteiger partial charge < -0.3 is 19.2 Å². The number of ether oxygens (including phenoxy) is 2. The van der Waals surface area contributed by atoms with Crippen LogP contribution >= 0.6 is 0 Å². The van der Waals surface area contributed by atoms with Crippen molar-refractivity contribution >= 4 is 5.91 Å². The lowest BCUT2D eigenvalue weighted by Gasteiger charge is -2.08. The molecule has 0 aliphatic rings. The third-order valence-corrected chi connectivity index (χ3v) is 3.52. The Morgan fingerprint density at radius 3 is 2.56 bits per heavy atom. The maximum absolute atomic E-state index is 11.9. The smallest absolute Gasteiger partial charge is 0.258 e. The quantitative estimate of drug-likeness (QED) is 0.717. The highest BCUT2D eigenvalue weighted by molar-refractivity contribution is 5.77. The predicted octanol–water partition coefficient (Wildman–Crippen LogP) is 3.05. The number of pyridine rings is 1. The summed E-state index contributed by atoms with van der Waals surface area (Å²) in [6.45, 7) is 0.334. The Morgan fingerprint density at radius 1 is 1.12 bits per heavy atom. The van der Waals surface area contributed by atoms with E-state index in [1.54, 1.807) is 43.8 Å². The van der Waals surface area contributed by atoms with Crippen LogP contribution in [-0.4, -0.2) is 24.6 Å². The fourth-order valence-corrected chi connectivity index (χ4v) is 2.17. The molecule has 25 heavy (non-hydrogen) atoms. The van der Waals surface area contributed by atoms with Crippen LogP contribution in [-0.2, 0) is 11.3 Å². The Morgan fingerprint density at radius 2 is 1.92 bits per heavy atom. The van der Waals surface area contributed by atoms with Crippen molar-refractivity contribution in [3.63, 3.8) is 0 Å². The predicted molar refractivity (Wildman–Crippen MR) is 92.3 cm³/mol.